The standard InChI is InChI=1S/C18H24Cl5N3OS/c1-2-3-4-5-6-7-8-15(27)25-16(18(21,22)23)26-17(28)24-12-9-10-13(19)14(20)11-12/h9-11,16H,2-8H2,1H3,(H,25,27)(H2,24,26,28). The largest absolute Gasteiger partial charge is 0.339 e. The predicted octanol–water partition coefficient (Wildman–Crippen LogP) is 6.84. The van der Waals surface area contributed by atoms with Crippen molar-refractivity contribution >= 4 is 86.9 Å². The van der Waals surface area contributed by atoms with E-state index >= 15 is 0 Å². The third-order valence-corrected chi connectivity index (χ3v) is 5.46. The molecule has 4 nitrogen and oxygen atoms in total. The van der Waals surface area contributed by atoms with Crippen molar-refractivity contribution < 1.29 is 4.79 Å². The van der Waals surface area contributed by atoms with Crippen LogP contribution in [0.2, 0.25) is 10.0 Å². The Morgan fingerprint density at radius 2 is 1.68 bits per heavy atom. The summed E-state index contributed by atoms with van der Waals surface area (Å²) in [7, 11) is 0. The zero-order valence-electron chi connectivity index (χ0n) is 15.5. The van der Waals surface area contributed by atoms with E-state index in [1.807, 2.05) is 0 Å². The molecule has 0 fully saturated rings. The normalized spacial score (nSPS) is 12.4. The lowest BCUT2D eigenvalue weighted by Crippen LogP contribution is -2.56. The molecule has 1 aromatic carbocycles. The monoisotopic (exact) mass is 505 g/mol. The summed E-state index contributed by atoms with van der Waals surface area (Å²) in [5.74, 6) is -0.211. The number of nitrogens with one attached hydrogen (secondary N) is 3. The van der Waals surface area contributed by atoms with Crippen LogP contribution in [0.4, 0.5) is 5.69 Å². The van der Waals surface area contributed by atoms with E-state index in [9.17, 15) is 4.79 Å². The van der Waals surface area contributed by atoms with Crippen LogP contribution in [-0.2, 0) is 4.79 Å². The Morgan fingerprint density at radius 3 is 2.29 bits per heavy atom. The smallest absolute Gasteiger partial charge is 0.228 e. The highest BCUT2D eigenvalue weighted by Crippen LogP contribution is 2.29. The number of amides is 1. The van der Waals surface area contributed by atoms with E-state index in [4.69, 9.17) is 70.2 Å². The molecule has 158 valence electrons. The number of rotatable bonds is 10. The number of unbranched alkanes of at least 4 members (excludes halogenated alkanes) is 5. The molecule has 0 bridgehead atoms. The van der Waals surface area contributed by atoms with Crippen LogP contribution < -0.4 is 16.0 Å². The van der Waals surface area contributed by atoms with Gasteiger partial charge < -0.3 is 16.0 Å². The number of carbonyl (C=O) groups excluding carboxylic acids is 1. The molecule has 1 unspecified atom stereocenters. The van der Waals surface area contributed by atoms with E-state index in [2.05, 4.69) is 22.9 Å². The number of thiocarbonyl (C=S) groups is 1. The van der Waals surface area contributed by atoms with Crippen molar-refractivity contribution in [2.24, 2.45) is 0 Å². The Labute approximate surface area is 196 Å². The van der Waals surface area contributed by atoms with Crippen molar-refractivity contribution in [2.75, 3.05) is 5.32 Å². The molecule has 0 saturated heterocycles. The number of anilines is 1. The minimum absolute atomic E-state index is 0.162. The molecule has 1 rings (SSSR count). The number of alkyl halides is 3. The molecule has 10 heteroatoms. The summed E-state index contributed by atoms with van der Waals surface area (Å²) in [4.78, 5) is 12.2. The van der Waals surface area contributed by atoms with Crippen LogP contribution in [0.5, 0.6) is 0 Å². The Hall–Kier alpha value is -0.170. The second-order valence-electron chi connectivity index (χ2n) is 6.29. The molecule has 0 saturated carbocycles. The molecular formula is C18H24Cl5N3OS. The van der Waals surface area contributed by atoms with Crippen LogP contribution in [-0.4, -0.2) is 21.0 Å². The first kappa shape index (κ1) is 25.9. The van der Waals surface area contributed by atoms with Crippen LogP contribution in [0.3, 0.4) is 0 Å². The van der Waals surface area contributed by atoms with Crippen LogP contribution in [0.1, 0.15) is 51.9 Å². The van der Waals surface area contributed by atoms with Gasteiger partial charge >= 0.3 is 0 Å². The molecule has 0 radical (unpaired) electrons. The minimum atomic E-state index is -1.79. The summed E-state index contributed by atoms with van der Waals surface area (Å²) in [5.41, 5.74) is 0.605. The van der Waals surface area contributed by atoms with Crippen LogP contribution in [0.15, 0.2) is 18.2 Å². The lowest BCUT2D eigenvalue weighted by atomic mass is 10.1. The fourth-order valence-electron chi connectivity index (χ4n) is 2.37. The number of benzene rings is 1. The highest BCUT2D eigenvalue weighted by molar-refractivity contribution is 7.80. The maximum absolute atomic E-state index is 12.2. The van der Waals surface area contributed by atoms with Gasteiger partial charge in [0.1, 0.15) is 6.17 Å². The number of halogens is 5. The van der Waals surface area contributed by atoms with E-state index in [0.717, 1.165) is 19.3 Å². The van der Waals surface area contributed by atoms with Gasteiger partial charge in [0.05, 0.1) is 10.0 Å². The van der Waals surface area contributed by atoms with E-state index < -0.39 is 9.96 Å². The van der Waals surface area contributed by atoms with Gasteiger partial charge in [0, 0.05) is 12.1 Å². The average molecular weight is 508 g/mol. The summed E-state index contributed by atoms with van der Waals surface area (Å²) in [6, 6.07) is 4.94. The molecule has 1 amide bonds. The molecule has 0 aliphatic rings. The quantitative estimate of drug-likeness (QED) is 0.140. The van der Waals surface area contributed by atoms with Crippen LogP contribution in [0.25, 0.3) is 0 Å². The van der Waals surface area contributed by atoms with Gasteiger partial charge in [-0.15, -0.1) is 0 Å². The predicted molar refractivity (Wildman–Crippen MR) is 126 cm³/mol. The SMILES string of the molecule is CCCCCCCCC(=O)NC(NC(=S)Nc1ccc(Cl)c(Cl)c1)C(Cl)(Cl)Cl. The van der Waals surface area contributed by atoms with Gasteiger partial charge in [-0.05, 0) is 36.8 Å². The highest BCUT2D eigenvalue weighted by Gasteiger charge is 2.34. The van der Waals surface area contributed by atoms with Crippen molar-refractivity contribution in [1.82, 2.24) is 10.6 Å². The zero-order valence-corrected chi connectivity index (χ0v) is 20.1. The fraction of sp³-hybridized carbons (Fsp3) is 0.556. The second kappa shape index (κ2) is 13.2. The topological polar surface area (TPSA) is 53.2 Å². The molecule has 3 N–H and O–H groups in total. The molecule has 1 aromatic rings. The number of hydrogen-bond acceptors (Lipinski definition) is 2. The third kappa shape index (κ3) is 10.6. The number of carbonyl (C=O) groups is 1. The molecule has 28 heavy (non-hydrogen) atoms. The summed E-state index contributed by atoms with van der Waals surface area (Å²) in [6.07, 6.45) is 5.86. The fourth-order valence-corrected chi connectivity index (χ4v) is 3.23. The van der Waals surface area contributed by atoms with Gasteiger partial charge in [-0.2, -0.15) is 0 Å². The van der Waals surface area contributed by atoms with Crippen molar-refractivity contribution in [1.29, 1.82) is 0 Å². The van der Waals surface area contributed by atoms with E-state index in [1.165, 1.54) is 19.3 Å². The van der Waals surface area contributed by atoms with Crippen LogP contribution >= 0.6 is 70.2 Å². The van der Waals surface area contributed by atoms with Gasteiger partial charge in [-0.3, -0.25) is 4.79 Å². The maximum Gasteiger partial charge on any atom is 0.228 e. The van der Waals surface area contributed by atoms with E-state index in [1.54, 1.807) is 18.2 Å². The zero-order chi connectivity index (χ0) is 21.2. The van der Waals surface area contributed by atoms with Gasteiger partial charge in [0.2, 0.25) is 9.70 Å². The van der Waals surface area contributed by atoms with Crippen molar-refractivity contribution in [3.63, 3.8) is 0 Å². The Bertz CT molecular complexity index is 655. The Kier molecular flexibility index (Phi) is 12.2. The lowest BCUT2D eigenvalue weighted by Gasteiger charge is -2.27. The Balaban J connectivity index is 2.52. The molecule has 0 heterocycles. The summed E-state index contributed by atoms with van der Waals surface area (Å²) in [5, 5.41) is 9.35. The first-order valence-corrected chi connectivity index (χ1v) is 11.3. The second-order valence-corrected chi connectivity index (χ2v) is 9.88. The van der Waals surface area contributed by atoms with E-state index in [-0.39, 0.29) is 11.0 Å². The van der Waals surface area contributed by atoms with Crippen molar-refractivity contribution in [3.05, 3.63) is 28.2 Å². The summed E-state index contributed by atoms with van der Waals surface area (Å²) >= 11 is 35.0. The minimum Gasteiger partial charge on any atom is -0.339 e. The molecule has 0 aromatic heterocycles. The molecule has 0 aliphatic carbocycles. The third-order valence-electron chi connectivity index (χ3n) is 3.84. The van der Waals surface area contributed by atoms with Crippen molar-refractivity contribution in [3.8, 4) is 0 Å². The van der Waals surface area contributed by atoms with Gasteiger partial charge in [-0.25, -0.2) is 0 Å². The van der Waals surface area contributed by atoms with Gasteiger partial charge in [0.25, 0.3) is 0 Å². The summed E-state index contributed by atoms with van der Waals surface area (Å²) < 4.78 is -1.79. The lowest BCUT2D eigenvalue weighted by molar-refractivity contribution is -0.122. The van der Waals surface area contributed by atoms with Crippen LogP contribution in [0, 0.1) is 0 Å². The van der Waals surface area contributed by atoms with Gasteiger partial charge in [-0.1, -0.05) is 97.0 Å². The molecule has 0 aliphatic heterocycles. The summed E-state index contributed by atoms with van der Waals surface area (Å²) in [6.45, 7) is 2.16. The molecule has 1 atom stereocenters. The molecule has 0 spiro atoms. The first-order chi connectivity index (χ1) is 13.1. The van der Waals surface area contributed by atoms with E-state index in [0.29, 0.717) is 22.2 Å². The highest BCUT2D eigenvalue weighted by atomic mass is 35.6. The first-order valence-electron chi connectivity index (χ1n) is 9.02. The average Bonchev–Trinajstić information content (AvgIpc) is 2.60. The molecular weight excluding hydrogens is 484 g/mol. The van der Waals surface area contributed by atoms with Gasteiger partial charge in [0.15, 0.2) is 5.11 Å². The number of hydrogen-bond donors (Lipinski definition) is 3. The maximum atomic E-state index is 12.2. The van der Waals surface area contributed by atoms with Crippen molar-refractivity contribution in [2.45, 2.75) is 61.8 Å². The Morgan fingerprint density at radius 1 is 1.04 bits per heavy atom.